The highest BCUT2D eigenvalue weighted by Gasteiger charge is 2.11. The third-order valence-electron chi connectivity index (χ3n) is 4.62. The predicted molar refractivity (Wildman–Crippen MR) is 122 cm³/mol. The predicted octanol–water partition coefficient (Wildman–Crippen LogP) is 5.37. The summed E-state index contributed by atoms with van der Waals surface area (Å²) in [6, 6.07) is 19.4. The first-order valence-electron chi connectivity index (χ1n) is 9.45. The monoisotopic (exact) mass is 431 g/mol. The van der Waals surface area contributed by atoms with Crippen molar-refractivity contribution >= 4 is 46.1 Å². The van der Waals surface area contributed by atoms with Crippen LogP contribution in [0.25, 0.3) is 17.1 Å². The van der Waals surface area contributed by atoms with Crippen LogP contribution >= 0.6 is 11.6 Å². The van der Waals surface area contributed by atoms with Gasteiger partial charge in [0, 0.05) is 17.3 Å². The zero-order valence-electron chi connectivity index (χ0n) is 16.6. The minimum absolute atomic E-state index is 0.216. The van der Waals surface area contributed by atoms with Crippen LogP contribution in [0.1, 0.15) is 26.5 Å². The lowest BCUT2D eigenvalue weighted by Crippen LogP contribution is -2.11. The minimum atomic E-state index is -0.271. The van der Waals surface area contributed by atoms with Crippen LogP contribution in [0.5, 0.6) is 5.75 Å². The number of imidazole rings is 1. The number of ether oxygens (including phenoxy) is 1. The summed E-state index contributed by atoms with van der Waals surface area (Å²) in [4.78, 5) is 32.1. The Morgan fingerprint density at radius 1 is 1.06 bits per heavy atom. The number of H-pyrrole nitrogens is 1. The zero-order chi connectivity index (χ0) is 21.8. The molecule has 0 radical (unpaired) electrons. The summed E-state index contributed by atoms with van der Waals surface area (Å²) in [5.41, 5.74) is 3.19. The van der Waals surface area contributed by atoms with Crippen LogP contribution in [-0.2, 0) is 0 Å². The molecule has 7 heteroatoms. The number of carbonyl (C=O) groups is 2. The molecular weight excluding hydrogens is 414 g/mol. The Morgan fingerprint density at radius 2 is 1.84 bits per heavy atom. The first-order valence-corrected chi connectivity index (χ1v) is 9.83. The number of nitrogens with one attached hydrogen (secondary N) is 2. The van der Waals surface area contributed by atoms with Crippen LogP contribution in [-0.4, -0.2) is 28.8 Å². The molecule has 0 aliphatic carbocycles. The summed E-state index contributed by atoms with van der Waals surface area (Å²) in [6.07, 6.45) is 3.10. The molecule has 0 aliphatic heterocycles. The Balaban J connectivity index is 1.43. The number of halogens is 1. The van der Waals surface area contributed by atoms with Gasteiger partial charge < -0.3 is 15.0 Å². The van der Waals surface area contributed by atoms with Gasteiger partial charge in [-0.05, 0) is 48.0 Å². The van der Waals surface area contributed by atoms with E-state index < -0.39 is 0 Å². The van der Waals surface area contributed by atoms with E-state index in [4.69, 9.17) is 16.3 Å². The van der Waals surface area contributed by atoms with E-state index in [0.29, 0.717) is 33.1 Å². The van der Waals surface area contributed by atoms with Crippen molar-refractivity contribution in [3.05, 3.63) is 94.8 Å². The van der Waals surface area contributed by atoms with Gasteiger partial charge >= 0.3 is 0 Å². The Bertz CT molecular complexity index is 1290. The lowest BCUT2D eigenvalue weighted by molar-refractivity contribution is 0.102. The number of methoxy groups -OCH3 is 1. The number of para-hydroxylation sites is 1. The quantitative estimate of drug-likeness (QED) is 0.317. The molecule has 0 aliphatic rings. The lowest BCUT2D eigenvalue weighted by Gasteiger charge is -2.07. The van der Waals surface area contributed by atoms with E-state index in [1.54, 1.807) is 73.8 Å². The van der Waals surface area contributed by atoms with Crippen molar-refractivity contribution in [2.24, 2.45) is 0 Å². The molecule has 1 amide bonds. The SMILES string of the molecule is COc1cccc(NC(=O)c2ccc(C=CC(=O)c3nc4c(Cl)cccc4[nH]3)cc2)c1. The summed E-state index contributed by atoms with van der Waals surface area (Å²) in [6.45, 7) is 0. The maximum atomic E-state index is 12.4. The topological polar surface area (TPSA) is 84.1 Å². The highest BCUT2D eigenvalue weighted by molar-refractivity contribution is 6.35. The van der Waals surface area contributed by atoms with Crippen LogP contribution in [0.2, 0.25) is 5.02 Å². The zero-order valence-corrected chi connectivity index (χ0v) is 17.3. The Kier molecular flexibility index (Phi) is 5.82. The number of ketones is 1. The molecule has 4 rings (SSSR count). The van der Waals surface area contributed by atoms with Gasteiger partial charge in [-0.1, -0.05) is 41.9 Å². The molecule has 154 valence electrons. The van der Waals surface area contributed by atoms with Gasteiger partial charge in [0.1, 0.15) is 11.3 Å². The van der Waals surface area contributed by atoms with Crippen molar-refractivity contribution in [1.29, 1.82) is 0 Å². The van der Waals surface area contributed by atoms with Crippen molar-refractivity contribution in [3.63, 3.8) is 0 Å². The van der Waals surface area contributed by atoms with Crippen LogP contribution in [0.3, 0.4) is 0 Å². The second-order valence-corrected chi connectivity index (χ2v) is 7.13. The molecule has 0 fully saturated rings. The summed E-state index contributed by atoms with van der Waals surface area (Å²) in [7, 11) is 1.57. The standard InChI is InChI=1S/C24H18ClN3O3/c1-31-18-5-2-4-17(14-18)26-24(30)16-11-8-15(9-12-16)10-13-21(29)23-27-20-7-3-6-19(25)22(20)28-23/h2-14H,1H3,(H,26,30)(H,27,28). The summed E-state index contributed by atoms with van der Waals surface area (Å²) in [5, 5.41) is 3.31. The number of rotatable bonds is 6. The van der Waals surface area contributed by atoms with E-state index >= 15 is 0 Å². The molecule has 3 aromatic carbocycles. The first kappa shape index (κ1) is 20.4. The number of fused-ring (bicyclic) bond motifs is 1. The molecule has 31 heavy (non-hydrogen) atoms. The van der Waals surface area contributed by atoms with Gasteiger partial charge in [-0.25, -0.2) is 4.98 Å². The molecule has 0 spiro atoms. The number of hydrogen-bond acceptors (Lipinski definition) is 4. The fraction of sp³-hybridized carbons (Fsp3) is 0.0417. The van der Waals surface area contributed by atoms with E-state index in [2.05, 4.69) is 15.3 Å². The smallest absolute Gasteiger partial charge is 0.255 e. The molecule has 0 saturated heterocycles. The maximum Gasteiger partial charge on any atom is 0.255 e. The number of anilines is 1. The second-order valence-electron chi connectivity index (χ2n) is 6.73. The number of benzene rings is 3. The fourth-order valence-corrected chi connectivity index (χ4v) is 3.23. The van der Waals surface area contributed by atoms with E-state index in [1.807, 2.05) is 6.07 Å². The highest BCUT2D eigenvalue weighted by atomic mass is 35.5. The van der Waals surface area contributed by atoms with Gasteiger partial charge in [-0.15, -0.1) is 0 Å². The number of carbonyl (C=O) groups excluding carboxylic acids is 2. The molecule has 0 bridgehead atoms. The van der Waals surface area contributed by atoms with Crippen molar-refractivity contribution in [1.82, 2.24) is 9.97 Å². The van der Waals surface area contributed by atoms with Crippen LogP contribution in [0.4, 0.5) is 5.69 Å². The third kappa shape index (κ3) is 4.65. The maximum absolute atomic E-state index is 12.4. The molecule has 0 saturated carbocycles. The molecule has 6 nitrogen and oxygen atoms in total. The van der Waals surface area contributed by atoms with E-state index in [0.717, 1.165) is 5.56 Å². The number of nitrogens with zero attached hydrogens (tertiary/aromatic N) is 1. The number of amides is 1. The molecule has 1 heterocycles. The number of aromatic nitrogens is 2. The van der Waals surface area contributed by atoms with E-state index in [9.17, 15) is 9.59 Å². The molecule has 0 unspecified atom stereocenters. The fourth-order valence-electron chi connectivity index (χ4n) is 3.01. The molecule has 0 atom stereocenters. The Morgan fingerprint density at radius 3 is 2.58 bits per heavy atom. The van der Waals surface area contributed by atoms with Crippen molar-refractivity contribution < 1.29 is 14.3 Å². The molecule has 4 aromatic rings. The van der Waals surface area contributed by atoms with Crippen LogP contribution in [0, 0.1) is 0 Å². The average molecular weight is 432 g/mol. The number of aromatic amines is 1. The first-order chi connectivity index (χ1) is 15.0. The van der Waals surface area contributed by atoms with E-state index in [1.165, 1.54) is 6.08 Å². The van der Waals surface area contributed by atoms with Crippen molar-refractivity contribution in [2.75, 3.05) is 12.4 Å². The van der Waals surface area contributed by atoms with Gasteiger partial charge in [0.2, 0.25) is 5.78 Å². The molecule has 2 N–H and O–H groups in total. The number of hydrogen-bond donors (Lipinski definition) is 2. The highest BCUT2D eigenvalue weighted by Crippen LogP contribution is 2.21. The average Bonchev–Trinajstić information content (AvgIpc) is 3.24. The van der Waals surface area contributed by atoms with E-state index in [-0.39, 0.29) is 17.5 Å². The Hall–Kier alpha value is -3.90. The third-order valence-corrected chi connectivity index (χ3v) is 4.93. The largest absolute Gasteiger partial charge is 0.497 e. The van der Waals surface area contributed by atoms with Crippen molar-refractivity contribution in [3.8, 4) is 5.75 Å². The van der Waals surface area contributed by atoms with Gasteiger partial charge in [-0.2, -0.15) is 0 Å². The van der Waals surface area contributed by atoms with Crippen molar-refractivity contribution in [2.45, 2.75) is 0 Å². The van der Waals surface area contributed by atoms with Crippen LogP contribution in [0.15, 0.2) is 72.8 Å². The molecular formula is C24H18ClN3O3. The Labute approximate surface area is 183 Å². The minimum Gasteiger partial charge on any atom is -0.497 e. The summed E-state index contributed by atoms with van der Waals surface area (Å²) in [5.74, 6) is 0.370. The van der Waals surface area contributed by atoms with Gasteiger partial charge in [0.05, 0.1) is 17.6 Å². The summed E-state index contributed by atoms with van der Waals surface area (Å²) < 4.78 is 5.16. The van der Waals surface area contributed by atoms with Gasteiger partial charge in [0.15, 0.2) is 5.82 Å². The van der Waals surface area contributed by atoms with Gasteiger partial charge in [-0.3, -0.25) is 9.59 Å². The number of allylic oxidation sites excluding steroid dienone is 1. The molecule has 1 aromatic heterocycles. The van der Waals surface area contributed by atoms with Gasteiger partial charge in [0.25, 0.3) is 5.91 Å². The normalized spacial score (nSPS) is 11.0. The van der Waals surface area contributed by atoms with Crippen LogP contribution < -0.4 is 10.1 Å². The lowest BCUT2D eigenvalue weighted by atomic mass is 10.1. The second kappa shape index (κ2) is 8.85. The summed E-state index contributed by atoms with van der Waals surface area (Å²) >= 11 is 6.10.